The number of imidazole rings is 1. The highest BCUT2D eigenvalue weighted by Crippen LogP contribution is 2.41. The van der Waals surface area contributed by atoms with Gasteiger partial charge < -0.3 is 15.4 Å². The van der Waals surface area contributed by atoms with Crippen molar-refractivity contribution in [2.45, 2.75) is 89.5 Å². The Balaban J connectivity index is 1.36. The summed E-state index contributed by atoms with van der Waals surface area (Å²) in [5.41, 5.74) is 2.53. The Morgan fingerprint density at radius 3 is 2.67 bits per heavy atom. The van der Waals surface area contributed by atoms with Gasteiger partial charge in [0.25, 0.3) is 11.7 Å². The molecule has 3 aromatic rings. The quantitative estimate of drug-likeness (QED) is 0.396. The van der Waals surface area contributed by atoms with Crippen molar-refractivity contribution in [1.82, 2.24) is 40.5 Å². The highest BCUT2D eigenvalue weighted by Gasteiger charge is 2.40. The molecule has 6 rings (SSSR count). The van der Waals surface area contributed by atoms with Gasteiger partial charge in [-0.05, 0) is 55.5 Å². The minimum absolute atomic E-state index is 0.0231. The number of nitrogens with zero attached hydrogens (tertiary/aromatic N) is 6. The molecule has 0 aromatic carbocycles. The zero-order chi connectivity index (χ0) is 30.1. The molecule has 3 fully saturated rings. The van der Waals surface area contributed by atoms with Crippen LogP contribution in [0.5, 0.6) is 0 Å². The van der Waals surface area contributed by atoms with E-state index >= 15 is 0 Å². The molecule has 2 saturated heterocycles. The molecule has 43 heavy (non-hydrogen) atoms. The lowest BCUT2D eigenvalue weighted by Crippen LogP contribution is -2.41. The second-order valence-corrected chi connectivity index (χ2v) is 12.3. The third kappa shape index (κ3) is 6.38. The van der Waals surface area contributed by atoms with Crippen molar-refractivity contribution in [3.8, 4) is 0 Å². The lowest BCUT2D eigenvalue weighted by Gasteiger charge is -2.33. The first-order chi connectivity index (χ1) is 20.7. The standard InChI is InChI=1S/C29H38F2N8O4/c1-3-20-25(38-43-37-20)27(41)34-24(17-4-8-29(30,31)9-5-17)22-15-39-28(33-22)35-23(18-6-10-42-11-7-18)21(36-39)13-19-12-16(2)14-32-26(19)40/h15-19,24H,3-14H2,1-2H3,(H,32,40)(H,34,41)/t16-,19+,24+/m1/s1. The number of hydrogen-bond donors (Lipinski definition) is 2. The molecule has 3 aromatic heterocycles. The van der Waals surface area contributed by atoms with Crippen molar-refractivity contribution in [2.75, 3.05) is 19.8 Å². The van der Waals surface area contributed by atoms with Crippen molar-refractivity contribution in [3.05, 3.63) is 34.7 Å². The molecule has 12 nitrogen and oxygen atoms in total. The predicted octanol–water partition coefficient (Wildman–Crippen LogP) is 3.58. The van der Waals surface area contributed by atoms with Gasteiger partial charge in [-0.1, -0.05) is 19.0 Å². The number of carbonyl (C=O) groups is 2. The Morgan fingerprint density at radius 2 is 1.93 bits per heavy atom. The van der Waals surface area contributed by atoms with Gasteiger partial charge in [0.05, 0.1) is 29.3 Å². The molecule has 0 spiro atoms. The van der Waals surface area contributed by atoms with E-state index in [4.69, 9.17) is 24.4 Å². The Labute approximate surface area is 247 Å². The Kier molecular flexibility index (Phi) is 8.38. The number of hydrogen-bond acceptors (Lipinski definition) is 9. The smallest absolute Gasteiger partial charge is 0.276 e. The van der Waals surface area contributed by atoms with Crippen LogP contribution in [0, 0.1) is 17.8 Å². The van der Waals surface area contributed by atoms with Gasteiger partial charge in [-0.15, -0.1) is 0 Å². The maximum atomic E-state index is 14.1. The first-order valence-electron chi connectivity index (χ1n) is 15.3. The van der Waals surface area contributed by atoms with Crippen LogP contribution in [0.3, 0.4) is 0 Å². The lowest BCUT2D eigenvalue weighted by atomic mass is 9.81. The summed E-state index contributed by atoms with van der Waals surface area (Å²) in [5, 5.41) is 18.5. The Hall–Kier alpha value is -3.55. The molecule has 1 saturated carbocycles. The number of nitrogens with one attached hydrogen (secondary N) is 2. The fourth-order valence-corrected chi connectivity index (χ4v) is 6.63. The number of alkyl halides is 2. The summed E-state index contributed by atoms with van der Waals surface area (Å²) in [6.07, 6.45) is 4.88. The molecule has 3 atom stereocenters. The minimum atomic E-state index is -2.73. The van der Waals surface area contributed by atoms with Crippen LogP contribution in [0.1, 0.15) is 104 Å². The van der Waals surface area contributed by atoms with Gasteiger partial charge >= 0.3 is 0 Å². The van der Waals surface area contributed by atoms with E-state index in [-0.39, 0.29) is 55.0 Å². The lowest BCUT2D eigenvalue weighted by molar-refractivity contribution is -0.127. The number of carbonyl (C=O) groups excluding carboxylic acids is 2. The summed E-state index contributed by atoms with van der Waals surface area (Å²) in [7, 11) is 0. The van der Waals surface area contributed by atoms with Gasteiger partial charge in [0.1, 0.15) is 5.69 Å². The number of halogens is 2. The SMILES string of the molecule is CCc1nonc1C(=O)N[C@H](c1cn2nc(C[C@@H]3C[C@@H](C)CNC3=O)c(C3CCOCC3)nc2n1)C1CCC(F)(F)CC1. The van der Waals surface area contributed by atoms with Gasteiger partial charge in [0.15, 0.2) is 5.69 Å². The molecule has 14 heteroatoms. The highest BCUT2D eigenvalue weighted by molar-refractivity contribution is 5.93. The van der Waals surface area contributed by atoms with E-state index in [2.05, 4.69) is 27.9 Å². The number of rotatable bonds is 8. The zero-order valence-corrected chi connectivity index (χ0v) is 24.5. The van der Waals surface area contributed by atoms with Gasteiger partial charge in [-0.25, -0.2) is 27.9 Å². The number of amides is 2. The Morgan fingerprint density at radius 1 is 1.16 bits per heavy atom. The molecular formula is C29H38F2N8O4. The molecule has 0 bridgehead atoms. The molecular weight excluding hydrogens is 562 g/mol. The van der Waals surface area contributed by atoms with Crippen LogP contribution in [0.15, 0.2) is 10.8 Å². The van der Waals surface area contributed by atoms with E-state index in [1.165, 1.54) is 0 Å². The zero-order valence-electron chi connectivity index (χ0n) is 24.5. The molecule has 5 heterocycles. The largest absolute Gasteiger partial charge is 0.381 e. The van der Waals surface area contributed by atoms with E-state index in [0.29, 0.717) is 55.7 Å². The summed E-state index contributed by atoms with van der Waals surface area (Å²) >= 11 is 0. The van der Waals surface area contributed by atoms with Crippen molar-refractivity contribution in [3.63, 3.8) is 0 Å². The maximum absolute atomic E-state index is 14.1. The number of piperidine rings is 1. The van der Waals surface area contributed by atoms with Crippen LogP contribution < -0.4 is 10.6 Å². The number of aromatic nitrogens is 6. The fourth-order valence-electron chi connectivity index (χ4n) is 6.63. The average Bonchev–Trinajstić information content (AvgIpc) is 3.65. The maximum Gasteiger partial charge on any atom is 0.276 e. The van der Waals surface area contributed by atoms with Crippen LogP contribution in [0.2, 0.25) is 0 Å². The number of aryl methyl sites for hydroxylation is 1. The second kappa shape index (κ2) is 12.2. The summed E-state index contributed by atoms with van der Waals surface area (Å²) in [6, 6.07) is -0.673. The number of fused-ring (bicyclic) bond motifs is 1. The Bertz CT molecular complexity index is 1460. The molecule has 1 aliphatic carbocycles. The first-order valence-corrected chi connectivity index (χ1v) is 15.3. The third-order valence-corrected chi connectivity index (χ3v) is 9.11. The van der Waals surface area contributed by atoms with Crippen molar-refractivity contribution in [2.24, 2.45) is 17.8 Å². The second-order valence-electron chi connectivity index (χ2n) is 12.3. The summed E-state index contributed by atoms with van der Waals surface area (Å²) in [6.45, 7) is 5.87. The van der Waals surface area contributed by atoms with Crippen molar-refractivity contribution < 1.29 is 27.7 Å². The van der Waals surface area contributed by atoms with Crippen LogP contribution in [-0.2, 0) is 22.4 Å². The predicted molar refractivity (Wildman–Crippen MR) is 148 cm³/mol. The molecule has 2 aliphatic heterocycles. The summed E-state index contributed by atoms with van der Waals surface area (Å²) < 4.78 is 40.2. The van der Waals surface area contributed by atoms with E-state index in [0.717, 1.165) is 30.7 Å². The van der Waals surface area contributed by atoms with E-state index in [1.807, 2.05) is 6.92 Å². The average molecular weight is 601 g/mol. The van der Waals surface area contributed by atoms with Crippen LogP contribution in [0.25, 0.3) is 5.78 Å². The molecule has 232 valence electrons. The topological polar surface area (TPSA) is 149 Å². The highest BCUT2D eigenvalue weighted by atomic mass is 19.3. The molecule has 2 N–H and O–H groups in total. The van der Waals surface area contributed by atoms with Crippen LogP contribution in [0.4, 0.5) is 8.78 Å². The number of ether oxygens (including phenoxy) is 1. The van der Waals surface area contributed by atoms with E-state index < -0.39 is 17.9 Å². The molecule has 3 aliphatic rings. The van der Waals surface area contributed by atoms with Gasteiger partial charge in [-0.2, -0.15) is 5.10 Å². The molecule has 0 radical (unpaired) electrons. The molecule has 2 amide bonds. The third-order valence-electron chi connectivity index (χ3n) is 9.11. The monoisotopic (exact) mass is 600 g/mol. The fraction of sp³-hybridized carbons (Fsp3) is 0.690. The van der Waals surface area contributed by atoms with E-state index in [1.54, 1.807) is 10.7 Å². The summed E-state index contributed by atoms with van der Waals surface area (Å²) in [5.74, 6) is -2.85. The first kappa shape index (κ1) is 29.5. The minimum Gasteiger partial charge on any atom is -0.381 e. The normalized spacial score (nSPS) is 24.1. The van der Waals surface area contributed by atoms with Crippen molar-refractivity contribution in [1.29, 1.82) is 0 Å². The van der Waals surface area contributed by atoms with Gasteiger partial charge in [-0.3, -0.25) is 9.59 Å². The van der Waals surface area contributed by atoms with Crippen LogP contribution in [-0.4, -0.2) is 67.4 Å². The van der Waals surface area contributed by atoms with E-state index in [9.17, 15) is 18.4 Å². The van der Waals surface area contributed by atoms with Crippen LogP contribution >= 0.6 is 0 Å². The summed E-state index contributed by atoms with van der Waals surface area (Å²) in [4.78, 5) is 35.8. The van der Waals surface area contributed by atoms with Gasteiger partial charge in [0.2, 0.25) is 11.8 Å². The van der Waals surface area contributed by atoms with Gasteiger partial charge in [0, 0.05) is 50.9 Å². The molecule has 0 unspecified atom stereocenters. The van der Waals surface area contributed by atoms with Crippen molar-refractivity contribution >= 4 is 17.6 Å².